The van der Waals surface area contributed by atoms with Gasteiger partial charge in [0.25, 0.3) is 15.6 Å². The normalized spacial score (nSPS) is 11.7. The van der Waals surface area contributed by atoms with E-state index in [1.54, 1.807) is 12.1 Å². The van der Waals surface area contributed by atoms with Crippen molar-refractivity contribution in [2.24, 2.45) is 0 Å². The van der Waals surface area contributed by atoms with Gasteiger partial charge >= 0.3 is 5.97 Å². The molecule has 3 aromatic rings. The fraction of sp³-hybridized carbons (Fsp3) is 0.0667. The first-order valence-electron chi connectivity index (χ1n) is 6.60. The van der Waals surface area contributed by atoms with E-state index in [1.807, 2.05) is 6.92 Å². The zero-order valence-electron chi connectivity index (χ0n) is 12.0. The Balaban J connectivity index is 2.33. The third kappa shape index (κ3) is 2.33. The summed E-state index contributed by atoms with van der Waals surface area (Å²) in [6, 6.07) is 7.47. The average Bonchev–Trinajstić information content (AvgIpc) is 2.94. The number of nitrogens with one attached hydrogen (secondary N) is 1. The van der Waals surface area contributed by atoms with Gasteiger partial charge in [0.05, 0.1) is 10.5 Å². The lowest BCUT2D eigenvalue weighted by Gasteiger charge is -2.07. The summed E-state index contributed by atoms with van der Waals surface area (Å²) in [4.78, 5) is 25.5. The monoisotopic (exact) mass is 332 g/mol. The molecular formula is C15H12N2O5S. The Bertz CT molecular complexity index is 1080. The van der Waals surface area contributed by atoms with Crippen LogP contribution in [-0.4, -0.2) is 28.5 Å². The summed E-state index contributed by atoms with van der Waals surface area (Å²) >= 11 is 0. The molecule has 0 aliphatic rings. The highest BCUT2D eigenvalue weighted by Crippen LogP contribution is 2.22. The molecule has 23 heavy (non-hydrogen) atoms. The summed E-state index contributed by atoms with van der Waals surface area (Å²) in [7, 11) is -4.00. The smallest absolute Gasteiger partial charge is 0.337 e. The molecule has 0 atom stereocenters. The van der Waals surface area contributed by atoms with Gasteiger partial charge in [-0.1, -0.05) is 17.7 Å². The maximum Gasteiger partial charge on any atom is 0.337 e. The highest BCUT2D eigenvalue weighted by atomic mass is 32.2. The predicted octanol–water partition coefficient (Wildman–Crippen LogP) is 1.57. The summed E-state index contributed by atoms with van der Waals surface area (Å²) in [5.41, 5.74) is -0.166. The van der Waals surface area contributed by atoms with Crippen molar-refractivity contribution < 1.29 is 18.3 Å². The molecule has 0 aliphatic heterocycles. The van der Waals surface area contributed by atoms with Gasteiger partial charge in [-0.3, -0.25) is 4.79 Å². The number of aromatic nitrogens is 2. The topological polar surface area (TPSA) is 109 Å². The van der Waals surface area contributed by atoms with Gasteiger partial charge in [-0.15, -0.1) is 0 Å². The molecule has 0 unspecified atom stereocenters. The van der Waals surface area contributed by atoms with Crippen molar-refractivity contribution in [2.45, 2.75) is 11.8 Å². The minimum absolute atomic E-state index is 0.0146. The van der Waals surface area contributed by atoms with Crippen molar-refractivity contribution in [1.29, 1.82) is 0 Å². The van der Waals surface area contributed by atoms with Crippen LogP contribution in [0.4, 0.5) is 0 Å². The molecule has 3 rings (SSSR count). The van der Waals surface area contributed by atoms with Gasteiger partial charge in [0.1, 0.15) is 5.52 Å². The van der Waals surface area contributed by atoms with Gasteiger partial charge in [-0.2, -0.15) is 0 Å². The van der Waals surface area contributed by atoms with Crippen LogP contribution in [-0.2, 0) is 10.0 Å². The van der Waals surface area contributed by atoms with Crippen molar-refractivity contribution in [2.75, 3.05) is 0 Å². The van der Waals surface area contributed by atoms with Crippen LogP contribution in [0.2, 0.25) is 0 Å². The van der Waals surface area contributed by atoms with Gasteiger partial charge in [0.15, 0.2) is 0 Å². The molecule has 2 aromatic heterocycles. The summed E-state index contributed by atoms with van der Waals surface area (Å²) in [5.74, 6) is -1.25. The highest BCUT2D eigenvalue weighted by Gasteiger charge is 2.23. The van der Waals surface area contributed by atoms with E-state index in [1.165, 1.54) is 24.4 Å². The molecular weight excluding hydrogens is 320 g/mol. The van der Waals surface area contributed by atoms with E-state index in [9.17, 15) is 18.0 Å². The van der Waals surface area contributed by atoms with Crippen LogP contribution in [0, 0.1) is 6.92 Å². The second-order valence-electron chi connectivity index (χ2n) is 5.03. The largest absolute Gasteiger partial charge is 0.478 e. The fourth-order valence-electron chi connectivity index (χ4n) is 2.34. The summed E-state index contributed by atoms with van der Waals surface area (Å²) < 4.78 is 26.2. The number of rotatable bonds is 3. The number of fused-ring (bicyclic) bond motifs is 1. The number of aryl methyl sites for hydroxylation is 1. The van der Waals surface area contributed by atoms with E-state index >= 15 is 0 Å². The standard InChI is InChI=1S/C15H12N2O5S/c1-9-2-4-10(5-3-9)23(21,22)17-7-6-11-12(15(19)20)8-16-14(18)13(11)17/h2-8H,1H3,(H,16,18)(H,19,20). The second kappa shape index (κ2) is 5.10. The van der Waals surface area contributed by atoms with Crippen LogP contribution in [0.3, 0.4) is 0 Å². The molecule has 8 heteroatoms. The molecule has 7 nitrogen and oxygen atoms in total. The first-order chi connectivity index (χ1) is 10.8. The number of benzene rings is 1. The quantitative estimate of drug-likeness (QED) is 0.756. The van der Waals surface area contributed by atoms with Crippen LogP contribution in [0.25, 0.3) is 10.9 Å². The number of hydrogen-bond acceptors (Lipinski definition) is 4. The second-order valence-corrected chi connectivity index (χ2v) is 6.84. The molecule has 2 heterocycles. The zero-order chi connectivity index (χ0) is 16.8. The zero-order valence-corrected chi connectivity index (χ0v) is 12.8. The molecule has 118 valence electrons. The lowest BCUT2D eigenvalue weighted by Crippen LogP contribution is -2.18. The molecule has 0 aliphatic carbocycles. The van der Waals surface area contributed by atoms with Crippen LogP contribution < -0.4 is 5.56 Å². The van der Waals surface area contributed by atoms with E-state index in [2.05, 4.69) is 4.98 Å². The van der Waals surface area contributed by atoms with Gasteiger partial charge in [0, 0.05) is 17.8 Å². The van der Waals surface area contributed by atoms with E-state index in [-0.39, 0.29) is 21.4 Å². The molecule has 1 aromatic carbocycles. The average molecular weight is 332 g/mol. The Morgan fingerprint density at radius 2 is 1.83 bits per heavy atom. The fourth-order valence-corrected chi connectivity index (χ4v) is 3.69. The molecule has 2 N–H and O–H groups in total. The Morgan fingerprint density at radius 3 is 2.43 bits per heavy atom. The number of nitrogens with zero attached hydrogens (tertiary/aromatic N) is 1. The van der Waals surface area contributed by atoms with E-state index in [0.29, 0.717) is 0 Å². The first-order valence-corrected chi connectivity index (χ1v) is 8.04. The number of carboxylic acids is 1. The van der Waals surface area contributed by atoms with E-state index in [4.69, 9.17) is 5.11 Å². The summed E-state index contributed by atoms with van der Waals surface area (Å²) in [6.07, 6.45) is 2.23. The first kappa shape index (κ1) is 15.0. The maximum absolute atomic E-state index is 12.7. The van der Waals surface area contributed by atoms with Crippen molar-refractivity contribution in [3.63, 3.8) is 0 Å². The molecule has 0 saturated heterocycles. The summed E-state index contributed by atoms with van der Waals surface area (Å²) in [6.45, 7) is 1.82. The highest BCUT2D eigenvalue weighted by molar-refractivity contribution is 7.90. The lowest BCUT2D eigenvalue weighted by molar-refractivity contribution is 0.0698. The number of carbonyl (C=O) groups is 1. The van der Waals surface area contributed by atoms with Crippen molar-refractivity contribution >= 4 is 26.9 Å². The van der Waals surface area contributed by atoms with E-state index in [0.717, 1.165) is 15.7 Å². The SMILES string of the molecule is Cc1ccc(S(=O)(=O)n2ccc3c(C(=O)O)c[nH]c(=O)c32)cc1. The Labute approximate surface area is 130 Å². The third-order valence-corrected chi connectivity index (χ3v) is 5.20. The Hall–Kier alpha value is -2.87. The predicted molar refractivity (Wildman–Crippen MR) is 83.3 cm³/mol. The number of aromatic carboxylic acids is 1. The minimum atomic E-state index is -4.00. The number of H-pyrrole nitrogens is 1. The number of pyridine rings is 1. The van der Waals surface area contributed by atoms with Gasteiger partial charge < -0.3 is 10.1 Å². The molecule has 0 spiro atoms. The van der Waals surface area contributed by atoms with Crippen LogP contribution >= 0.6 is 0 Å². The molecule has 0 radical (unpaired) electrons. The van der Waals surface area contributed by atoms with Gasteiger partial charge in [-0.05, 0) is 25.1 Å². The number of carboxylic acid groups (broad SMARTS) is 1. The number of aromatic amines is 1. The van der Waals surface area contributed by atoms with Crippen LogP contribution in [0.1, 0.15) is 15.9 Å². The molecule has 0 fully saturated rings. The molecule has 0 saturated carbocycles. The van der Waals surface area contributed by atoms with Crippen molar-refractivity contribution in [3.05, 3.63) is 64.2 Å². The van der Waals surface area contributed by atoms with Gasteiger partial charge in [-0.25, -0.2) is 17.2 Å². The number of hydrogen-bond donors (Lipinski definition) is 2. The maximum atomic E-state index is 12.7. The van der Waals surface area contributed by atoms with E-state index < -0.39 is 21.6 Å². The Kier molecular flexibility index (Phi) is 3.33. The van der Waals surface area contributed by atoms with Crippen molar-refractivity contribution in [1.82, 2.24) is 8.96 Å². The molecule has 0 bridgehead atoms. The van der Waals surface area contributed by atoms with Crippen LogP contribution in [0.5, 0.6) is 0 Å². The van der Waals surface area contributed by atoms with Crippen molar-refractivity contribution in [3.8, 4) is 0 Å². The van der Waals surface area contributed by atoms with Crippen LogP contribution in [0.15, 0.2) is 52.4 Å². The Morgan fingerprint density at radius 1 is 1.17 bits per heavy atom. The summed E-state index contributed by atoms with van der Waals surface area (Å²) in [5, 5.41) is 9.22. The van der Waals surface area contributed by atoms with Gasteiger partial charge in [0.2, 0.25) is 0 Å². The third-order valence-electron chi connectivity index (χ3n) is 3.51. The molecule has 0 amide bonds. The minimum Gasteiger partial charge on any atom is -0.478 e. The lowest BCUT2D eigenvalue weighted by atomic mass is 10.2.